The molecule has 2 rings (SSSR count). The van der Waals surface area contributed by atoms with Crippen LogP contribution in [0.5, 0.6) is 0 Å². The number of hydrogen-bond acceptors (Lipinski definition) is 3. The fourth-order valence-electron chi connectivity index (χ4n) is 2.00. The number of nitrogens with one attached hydrogen (secondary N) is 2. The number of morpholine rings is 1. The summed E-state index contributed by atoms with van der Waals surface area (Å²) < 4.78 is 6.10. The van der Waals surface area contributed by atoms with E-state index in [2.05, 4.69) is 26.2 Å². The Bertz CT molecular complexity index is 475. The second kappa shape index (κ2) is 6.21. The SMILES string of the molecule is CCNC(=O)C1COCCN1C(=O)c1cc(Br)c[nH]1. The molecule has 1 aliphatic rings. The molecule has 7 heteroatoms. The molecule has 1 atom stereocenters. The van der Waals surface area contributed by atoms with Gasteiger partial charge in [0.25, 0.3) is 5.91 Å². The lowest BCUT2D eigenvalue weighted by molar-refractivity contribution is -0.130. The largest absolute Gasteiger partial charge is 0.377 e. The number of carbonyl (C=O) groups excluding carboxylic acids is 2. The molecule has 0 spiro atoms. The van der Waals surface area contributed by atoms with Crippen molar-refractivity contribution < 1.29 is 14.3 Å². The summed E-state index contributed by atoms with van der Waals surface area (Å²) in [6, 6.07) is 1.13. The highest BCUT2D eigenvalue weighted by Gasteiger charge is 2.33. The Morgan fingerprint density at radius 2 is 2.42 bits per heavy atom. The summed E-state index contributed by atoms with van der Waals surface area (Å²) in [5, 5.41) is 2.72. The summed E-state index contributed by atoms with van der Waals surface area (Å²) in [6.07, 6.45) is 1.69. The molecule has 1 aromatic heterocycles. The van der Waals surface area contributed by atoms with Crippen LogP contribution in [0.3, 0.4) is 0 Å². The molecule has 0 bridgehead atoms. The molecule has 1 aliphatic heterocycles. The second-order valence-electron chi connectivity index (χ2n) is 4.22. The molecule has 0 aromatic carbocycles. The van der Waals surface area contributed by atoms with Crippen LogP contribution in [0.1, 0.15) is 17.4 Å². The standard InChI is InChI=1S/C12H16BrN3O3/c1-2-14-11(17)10-7-19-4-3-16(10)12(18)9-5-8(13)6-15-9/h5-6,10,15H,2-4,7H2,1H3,(H,14,17). The van der Waals surface area contributed by atoms with Gasteiger partial charge in [0.1, 0.15) is 11.7 Å². The van der Waals surface area contributed by atoms with Gasteiger partial charge < -0.3 is 19.9 Å². The molecule has 104 valence electrons. The van der Waals surface area contributed by atoms with Crippen molar-refractivity contribution in [3.8, 4) is 0 Å². The fraction of sp³-hybridized carbons (Fsp3) is 0.500. The van der Waals surface area contributed by atoms with E-state index in [1.807, 2.05) is 6.92 Å². The van der Waals surface area contributed by atoms with E-state index in [9.17, 15) is 9.59 Å². The molecule has 1 aromatic rings. The number of likely N-dealkylation sites (N-methyl/N-ethyl adjacent to an activating group) is 1. The van der Waals surface area contributed by atoms with Gasteiger partial charge in [-0.05, 0) is 28.9 Å². The third kappa shape index (κ3) is 3.16. The zero-order valence-electron chi connectivity index (χ0n) is 10.6. The van der Waals surface area contributed by atoms with E-state index in [-0.39, 0.29) is 18.4 Å². The quantitative estimate of drug-likeness (QED) is 0.859. The number of nitrogens with zero attached hydrogens (tertiary/aromatic N) is 1. The van der Waals surface area contributed by atoms with Gasteiger partial charge in [0.2, 0.25) is 5.91 Å². The van der Waals surface area contributed by atoms with Gasteiger partial charge in [0, 0.05) is 23.8 Å². The summed E-state index contributed by atoms with van der Waals surface area (Å²) in [4.78, 5) is 28.7. The third-order valence-corrected chi connectivity index (χ3v) is 3.38. The van der Waals surface area contributed by atoms with Gasteiger partial charge in [-0.15, -0.1) is 0 Å². The van der Waals surface area contributed by atoms with Gasteiger partial charge in [-0.1, -0.05) is 0 Å². The molecule has 2 N–H and O–H groups in total. The average Bonchev–Trinajstić information content (AvgIpc) is 2.85. The minimum atomic E-state index is -0.566. The van der Waals surface area contributed by atoms with Gasteiger partial charge >= 0.3 is 0 Å². The van der Waals surface area contributed by atoms with Crippen molar-refractivity contribution in [3.63, 3.8) is 0 Å². The van der Waals surface area contributed by atoms with Crippen molar-refractivity contribution in [1.29, 1.82) is 0 Å². The second-order valence-corrected chi connectivity index (χ2v) is 5.13. The highest BCUT2D eigenvalue weighted by atomic mass is 79.9. The van der Waals surface area contributed by atoms with Crippen LogP contribution >= 0.6 is 15.9 Å². The van der Waals surface area contributed by atoms with Crippen molar-refractivity contribution in [2.24, 2.45) is 0 Å². The number of amides is 2. The summed E-state index contributed by atoms with van der Waals surface area (Å²) in [5.41, 5.74) is 0.461. The molecule has 0 radical (unpaired) electrons. The predicted octanol–water partition coefficient (Wildman–Crippen LogP) is 0.754. The van der Waals surface area contributed by atoms with Crippen molar-refractivity contribution >= 4 is 27.7 Å². The Hall–Kier alpha value is -1.34. The van der Waals surface area contributed by atoms with E-state index >= 15 is 0 Å². The maximum atomic E-state index is 12.4. The average molecular weight is 330 g/mol. The van der Waals surface area contributed by atoms with Crippen LogP contribution in [-0.4, -0.2) is 54.0 Å². The van der Waals surface area contributed by atoms with Crippen molar-refractivity contribution in [2.75, 3.05) is 26.3 Å². The lowest BCUT2D eigenvalue weighted by Gasteiger charge is -2.34. The Labute approximate surface area is 119 Å². The zero-order valence-corrected chi connectivity index (χ0v) is 12.2. The first-order valence-corrected chi connectivity index (χ1v) is 6.93. The van der Waals surface area contributed by atoms with Gasteiger partial charge in [0.05, 0.1) is 13.2 Å². The van der Waals surface area contributed by atoms with Crippen molar-refractivity contribution in [3.05, 3.63) is 22.4 Å². The highest BCUT2D eigenvalue weighted by molar-refractivity contribution is 9.10. The summed E-state index contributed by atoms with van der Waals surface area (Å²) in [5.74, 6) is -0.369. The lowest BCUT2D eigenvalue weighted by atomic mass is 10.2. The van der Waals surface area contributed by atoms with Crippen LogP contribution in [0.2, 0.25) is 0 Å². The molecule has 2 amide bonds. The molecule has 1 fully saturated rings. The minimum Gasteiger partial charge on any atom is -0.377 e. The van der Waals surface area contributed by atoms with E-state index in [0.29, 0.717) is 25.4 Å². The molecule has 0 aliphatic carbocycles. The first-order valence-electron chi connectivity index (χ1n) is 6.13. The molecule has 2 heterocycles. The molecule has 6 nitrogen and oxygen atoms in total. The first kappa shape index (κ1) is 14.1. The molecule has 1 unspecified atom stereocenters. The Balaban J connectivity index is 2.15. The molecule has 1 saturated heterocycles. The summed E-state index contributed by atoms with van der Waals surface area (Å²) in [7, 11) is 0. The topological polar surface area (TPSA) is 74.4 Å². The van der Waals surface area contributed by atoms with Crippen LogP contribution < -0.4 is 5.32 Å². The predicted molar refractivity (Wildman–Crippen MR) is 72.8 cm³/mol. The smallest absolute Gasteiger partial charge is 0.271 e. The maximum absolute atomic E-state index is 12.4. The highest BCUT2D eigenvalue weighted by Crippen LogP contribution is 2.16. The van der Waals surface area contributed by atoms with Gasteiger partial charge in [-0.2, -0.15) is 0 Å². The minimum absolute atomic E-state index is 0.179. The number of aromatic amines is 1. The number of aromatic nitrogens is 1. The zero-order chi connectivity index (χ0) is 13.8. The van der Waals surface area contributed by atoms with Crippen molar-refractivity contribution in [2.45, 2.75) is 13.0 Å². The van der Waals surface area contributed by atoms with E-state index in [1.54, 1.807) is 17.2 Å². The Morgan fingerprint density at radius 3 is 3.05 bits per heavy atom. The van der Waals surface area contributed by atoms with Crippen molar-refractivity contribution in [1.82, 2.24) is 15.2 Å². The molecular weight excluding hydrogens is 314 g/mol. The van der Waals surface area contributed by atoms with E-state index in [4.69, 9.17) is 4.74 Å². The number of ether oxygens (including phenoxy) is 1. The van der Waals surface area contributed by atoms with Gasteiger partial charge in [0.15, 0.2) is 0 Å². The number of H-pyrrole nitrogens is 1. The number of rotatable bonds is 3. The van der Waals surface area contributed by atoms with E-state index < -0.39 is 6.04 Å². The van der Waals surface area contributed by atoms with E-state index in [0.717, 1.165) is 4.47 Å². The molecular formula is C12H16BrN3O3. The van der Waals surface area contributed by atoms with Crippen LogP contribution in [-0.2, 0) is 9.53 Å². The third-order valence-electron chi connectivity index (χ3n) is 2.92. The normalized spacial score (nSPS) is 19.3. The van der Waals surface area contributed by atoms with Crippen LogP contribution in [0.4, 0.5) is 0 Å². The Morgan fingerprint density at radius 1 is 1.63 bits per heavy atom. The van der Waals surface area contributed by atoms with Crippen LogP contribution in [0.15, 0.2) is 16.7 Å². The van der Waals surface area contributed by atoms with Crippen LogP contribution in [0.25, 0.3) is 0 Å². The lowest BCUT2D eigenvalue weighted by Crippen LogP contribution is -2.55. The van der Waals surface area contributed by atoms with Gasteiger partial charge in [-0.3, -0.25) is 9.59 Å². The summed E-state index contributed by atoms with van der Waals surface area (Å²) in [6.45, 7) is 3.47. The van der Waals surface area contributed by atoms with Gasteiger partial charge in [-0.25, -0.2) is 0 Å². The number of hydrogen-bond donors (Lipinski definition) is 2. The molecule has 19 heavy (non-hydrogen) atoms. The number of carbonyl (C=O) groups is 2. The van der Waals surface area contributed by atoms with E-state index in [1.165, 1.54) is 0 Å². The monoisotopic (exact) mass is 329 g/mol. The van der Waals surface area contributed by atoms with Crippen LogP contribution in [0, 0.1) is 0 Å². The Kier molecular flexibility index (Phi) is 4.60. The maximum Gasteiger partial charge on any atom is 0.271 e. The first-order chi connectivity index (χ1) is 9.13. The summed E-state index contributed by atoms with van der Waals surface area (Å²) >= 11 is 3.29. The fourth-order valence-corrected chi connectivity index (χ4v) is 2.35. The number of halogens is 1. The molecule has 0 saturated carbocycles.